The molecule has 0 fully saturated rings. The largest absolute Gasteiger partial charge is 0.493 e. The van der Waals surface area contributed by atoms with Gasteiger partial charge in [0.2, 0.25) is 0 Å². The summed E-state index contributed by atoms with van der Waals surface area (Å²) >= 11 is 0. The highest BCUT2D eigenvalue weighted by molar-refractivity contribution is 5.64. The SMILES string of the molecule is CNCC(C)=Cc1cccc(OC)c1OC. The summed E-state index contributed by atoms with van der Waals surface area (Å²) < 4.78 is 10.6. The van der Waals surface area contributed by atoms with Crippen LogP contribution in [0.3, 0.4) is 0 Å². The van der Waals surface area contributed by atoms with Crippen molar-refractivity contribution in [1.82, 2.24) is 5.32 Å². The summed E-state index contributed by atoms with van der Waals surface area (Å²) in [5.74, 6) is 1.54. The first-order valence-corrected chi connectivity index (χ1v) is 5.25. The average Bonchev–Trinajstić information content (AvgIpc) is 2.29. The van der Waals surface area contributed by atoms with E-state index in [1.807, 2.05) is 25.2 Å². The first-order chi connectivity index (χ1) is 7.72. The summed E-state index contributed by atoms with van der Waals surface area (Å²) in [6.45, 7) is 2.94. The Bertz CT molecular complexity index is 372. The molecule has 88 valence electrons. The van der Waals surface area contributed by atoms with E-state index in [1.54, 1.807) is 14.2 Å². The molecule has 1 aromatic carbocycles. The predicted octanol–water partition coefficient (Wildman–Crippen LogP) is 2.33. The molecule has 0 radical (unpaired) electrons. The molecule has 16 heavy (non-hydrogen) atoms. The van der Waals surface area contributed by atoms with Gasteiger partial charge in [0, 0.05) is 12.1 Å². The van der Waals surface area contributed by atoms with Crippen LogP contribution < -0.4 is 14.8 Å². The molecular weight excluding hydrogens is 202 g/mol. The zero-order chi connectivity index (χ0) is 12.0. The molecule has 0 aromatic heterocycles. The van der Waals surface area contributed by atoms with Crippen molar-refractivity contribution in [2.75, 3.05) is 27.8 Å². The fourth-order valence-electron chi connectivity index (χ4n) is 1.62. The molecule has 0 bridgehead atoms. The van der Waals surface area contributed by atoms with E-state index in [-0.39, 0.29) is 0 Å². The highest BCUT2D eigenvalue weighted by Crippen LogP contribution is 2.31. The van der Waals surface area contributed by atoms with E-state index >= 15 is 0 Å². The highest BCUT2D eigenvalue weighted by Gasteiger charge is 2.07. The van der Waals surface area contributed by atoms with Crippen LogP contribution >= 0.6 is 0 Å². The van der Waals surface area contributed by atoms with Crippen molar-refractivity contribution in [2.24, 2.45) is 0 Å². The van der Waals surface area contributed by atoms with E-state index in [9.17, 15) is 0 Å². The maximum absolute atomic E-state index is 5.36. The van der Waals surface area contributed by atoms with E-state index in [0.29, 0.717) is 0 Å². The molecule has 0 aliphatic rings. The van der Waals surface area contributed by atoms with Crippen LogP contribution in [0.25, 0.3) is 6.08 Å². The molecule has 1 rings (SSSR count). The Labute approximate surface area is 97.1 Å². The average molecular weight is 221 g/mol. The Morgan fingerprint density at radius 3 is 2.62 bits per heavy atom. The van der Waals surface area contributed by atoms with Crippen molar-refractivity contribution >= 4 is 6.08 Å². The number of rotatable bonds is 5. The van der Waals surface area contributed by atoms with Gasteiger partial charge in [0.15, 0.2) is 11.5 Å². The van der Waals surface area contributed by atoms with Crippen LogP contribution in [0.2, 0.25) is 0 Å². The number of ether oxygens (including phenoxy) is 2. The van der Waals surface area contributed by atoms with Crippen molar-refractivity contribution < 1.29 is 9.47 Å². The second-order valence-electron chi connectivity index (χ2n) is 3.60. The van der Waals surface area contributed by atoms with Crippen molar-refractivity contribution in [3.05, 3.63) is 29.3 Å². The van der Waals surface area contributed by atoms with E-state index in [4.69, 9.17) is 9.47 Å². The van der Waals surface area contributed by atoms with Crippen LogP contribution in [0.15, 0.2) is 23.8 Å². The molecule has 0 heterocycles. The molecule has 0 saturated heterocycles. The molecular formula is C13H19NO2. The quantitative estimate of drug-likeness (QED) is 0.827. The van der Waals surface area contributed by atoms with Crippen molar-refractivity contribution in [2.45, 2.75) is 6.92 Å². The Morgan fingerprint density at radius 1 is 1.31 bits per heavy atom. The molecule has 0 amide bonds. The lowest BCUT2D eigenvalue weighted by atomic mass is 10.1. The van der Waals surface area contributed by atoms with Crippen LogP contribution in [0.4, 0.5) is 0 Å². The summed E-state index contributed by atoms with van der Waals surface area (Å²) in [5.41, 5.74) is 2.28. The van der Waals surface area contributed by atoms with Gasteiger partial charge in [-0.3, -0.25) is 0 Å². The molecule has 3 nitrogen and oxygen atoms in total. The molecule has 3 heteroatoms. The molecule has 0 aliphatic heterocycles. The predicted molar refractivity (Wildman–Crippen MR) is 67.1 cm³/mol. The van der Waals surface area contributed by atoms with Crippen molar-refractivity contribution in [3.63, 3.8) is 0 Å². The van der Waals surface area contributed by atoms with Gasteiger partial charge in [0.1, 0.15) is 0 Å². The van der Waals surface area contributed by atoms with E-state index in [2.05, 4.69) is 18.3 Å². The number of methoxy groups -OCH3 is 2. The number of para-hydroxylation sites is 1. The van der Waals surface area contributed by atoms with E-state index < -0.39 is 0 Å². The second-order valence-corrected chi connectivity index (χ2v) is 3.60. The van der Waals surface area contributed by atoms with Gasteiger partial charge in [0.05, 0.1) is 14.2 Å². The number of hydrogen-bond acceptors (Lipinski definition) is 3. The first kappa shape index (κ1) is 12.6. The van der Waals surface area contributed by atoms with Crippen LogP contribution in [-0.2, 0) is 0 Å². The lowest BCUT2D eigenvalue weighted by Gasteiger charge is -2.10. The summed E-state index contributed by atoms with van der Waals surface area (Å²) in [6.07, 6.45) is 2.10. The number of likely N-dealkylation sites (N-methyl/N-ethyl adjacent to an activating group) is 1. The number of nitrogens with one attached hydrogen (secondary N) is 1. The third kappa shape index (κ3) is 3.00. The topological polar surface area (TPSA) is 30.5 Å². The van der Waals surface area contributed by atoms with Gasteiger partial charge in [-0.05, 0) is 20.0 Å². The summed E-state index contributed by atoms with van der Waals surface area (Å²) in [4.78, 5) is 0. The molecule has 0 unspecified atom stereocenters. The van der Waals surface area contributed by atoms with E-state index in [0.717, 1.165) is 23.6 Å². The summed E-state index contributed by atoms with van der Waals surface area (Å²) in [6, 6.07) is 5.87. The zero-order valence-electron chi connectivity index (χ0n) is 10.3. The third-order valence-electron chi connectivity index (χ3n) is 2.29. The van der Waals surface area contributed by atoms with Gasteiger partial charge < -0.3 is 14.8 Å². The zero-order valence-corrected chi connectivity index (χ0v) is 10.3. The fraction of sp³-hybridized carbons (Fsp3) is 0.385. The Kier molecular flexibility index (Phi) is 4.86. The fourth-order valence-corrected chi connectivity index (χ4v) is 1.62. The molecule has 0 spiro atoms. The summed E-state index contributed by atoms with van der Waals surface area (Å²) in [5, 5.41) is 3.11. The Balaban J connectivity index is 3.08. The van der Waals surface area contributed by atoms with Crippen LogP contribution in [-0.4, -0.2) is 27.8 Å². The monoisotopic (exact) mass is 221 g/mol. The Hall–Kier alpha value is -1.48. The van der Waals surface area contributed by atoms with Gasteiger partial charge in [-0.1, -0.05) is 23.8 Å². The van der Waals surface area contributed by atoms with Crippen molar-refractivity contribution in [1.29, 1.82) is 0 Å². The van der Waals surface area contributed by atoms with Gasteiger partial charge in [0.25, 0.3) is 0 Å². The maximum atomic E-state index is 5.36. The van der Waals surface area contributed by atoms with Crippen LogP contribution in [0.1, 0.15) is 12.5 Å². The maximum Gasteiger partial charge on any atom is 0.167 e. The summed E-state index contributed by atoms with van der Waals surface area (Å²) in [7, 11) is 5.23. The first-order valence-electron chi connectivity index (χ1n) is 5.25. The minimum absolute atomic E-state index is 0.758. The lowest BCUT2D eigenvalue weighted by Crippen LogP contribution is -2.08. The molecule has 1 N–H and O–H groups in total. The third-order valence-corrected chi connectivity index (χ3v) is 2.29. The Morgan fingerprint density at radius 2 is 2.06 bits per heavy atom. The number of hydrogen-bond donors (Lipinski definition) is 1. The van der Waals surface area contributed by atoms with Gasteiger partial charge >= 0.3 is 0 Å². The van der Waals surface area contributed by atoms with Crippen LogP contribution in [0, 0.1) is 0 Å². The minimum atomic E-state index is 0.758. The molecule has 0 aliphatic carbocycles. The minimum Gasteiger partial charge on any atom is -0.493 e. The normalized spacial score (nSPS) is 11.4. The molecule has 1 aromatic rings. The highest BCUT2D eigenvalue weighted by atomic mass is 16.5. The smallest absolute Gasteiger partial charge is 0.167 e. The van der Waals surface area contributed by atoms with Crippen LogP contribution in [0.5, 0.6) is 11.5 Å². The van der Waals surface area contributed by atoms with Gasteiger partial charge in [-0.2, -0.15) is 0 Å². The van der Waals surface area contributed by atoms with Gasteiger partial charge in [-0.25, -0.2) is 0 Å². The second kappa shape index (κ2) is 6.18. The standard InChI is InChI=1S/C13H19NO2/c1-10(9-14-2)8-11-6-5-7-12(15-3)13(11)16-4/h5-8,14H,9H2,1-4H3. The lowest BCUT2D eigenvalue weighted by molar-refractivity contribution is 0.354. The molecule has 0 atom stereocenters. The van der Waals surface area contributed by atoms with Gasteiger partial charge in [-0.15, -0.1) is 0 Å². The van der Waals surface area contributed by atoms with E-state index in [1.165, 1.54) is 5.57 Å². The molecule has 0 saturated carbocycles. The number of benzene rings is 1. The van der Waals surface area contributed by atoms with Crippen molar-refractivity contribution in [3.8, 4) is 11.5 Å².